The lowest BCUT2D eigenvalue weighted by Crippen LogP contribution is -2.52. The van der Waals surface area contributed by atoms with Crippen LogP contribution in [0, 0.1) is 0 Å². The molecule has 1 aliphatic heterocycles. The fourth-order valence-electron chi connectivity index (χ4n) is 3.05. The fraction of sp³-hybridized carbons (Fsp3) is 0.684. The van der Waals surface area contributed by atoms with Crippen molar-refractivity contribution in [2.75, 3.05) is 32.7 Å². The predicted octanol–water partition coefficient (Wildman–Crippen LogP) is 2.84. The smallest absolute Gasteiger partial charge is 0.0234 e. The van der Waals surface area contributed by atoms with Crippen molar-refractivity contribution >= 4 is 0 Å². The Hall–Kier alpha value is -0.900. The molecular formula is C19H33N3. The molecule has 1 aromatic rings. The molecule has 0 aromatic heterocycles. The first-order chi connectivity index (χ1) is 10.1. The lowest BCUT2D eigenvalue weighted by Gasteiger charge is -2.37. The Kier molecular flexibility index (Phi) is 5.31. The second-order valence-corrected chi connectivity index (χ2v) is 8.49. The van der Waals surface area contributed by atoms with Crippen LogP contribution in [0.3, 0.4) is 0 Å². The fourth-order valence-corrected chi connectivity index (χ4v) is 3.05. The van der Waals surface area contributed by atoms with Crippen molar-refractivity contribution in [3.05, 3.63) is 35.4 Å². The van der Waals surface area contributed by atoms with Crippen LogP contribution >= 0.6 is 0 Å². The third kappa shape index (κ3) is 5.38. The van der Waals surface area contributed by atoms with Crippen molar-refractivity contribution in [3.8, 4) is 0 Å². The van der Waals surface area contributed by atoms with Crippen LogP contribution in [0.4, 0.5) is 0 Å². The van der Waals surface area contributed by atoms with Gasteiger partial charge in [-0.15, -0.1) is 0 Å². The molecule has 0 amide bonds. The van der Waals surface area contributed by atoms with Crippen LogP contribution in [-0.4, -0.2) is 48.1 Å². The number of rotatable bonds is 4. The van der Waals surface area contributed by atoms with Gasteiger partial charge in [-0.3, -0.25) is 9.80 Å². The van der Waals surface area contributed by atoms with Gasteiger partial charge in [-0.05, 0) is 30.4 Å². The molecule has 2 rings (SSSR count). The van der Waals surface area contributed by atoms with Crippen molar-refractivity contribution in [1.29, 1.82) is 0 Å². The van der Waals surface area contributed by atoms with Gasteiger partial charge in [-0.1, -0.05) is 45.0 Å². The summed E-state index contributed by atoms with van der Waals surface area (Å²) >= 11 is 0. The normalized spacial score (nSPS) is 18.6. The predicted molar refractivity (Wildman–Crippen MR) is 95.1 cm³/mol. The Labute approximate surface area is 136 Å². The number of nitrogens with zero attached hydrogens (tertiary/aromatic N) is 2. The number of nitrogens with two attached hydrogens (primary N) is 1. The summed E-state index contributed by atoms with van der Waals surface area (Å²) in [6.07, 6.45) is 0. The molecule has 0 saturated carbocycles. The van der Waals surface area contributed by atoms with Crippen LogP contribution in [0.15, 0.2) is 24.3 Å². The van der Waals surface area contributed by atoms with Gasteiger partial charge >= 0.3 is 0 Å². The summed E-state index contributed by atoms with van der Waals surface area (Å²) < 4.78 is 0. The Morgan fingerprint density at radius 2 is 1.36 bits per heavy atom. The molecular weight excluding hydrogens is 270 g/mol. The number of hydrogen-bond donors (Lipinski definition) is 1. The first-order valence-corrected chi connectivity index (χ1v) is 8.46. The molecule has 0 aliphatic carbocycles. The number of piperazine rings is 1. The standard InChI is InChI=1S/C19H33N3/c1-18(2,3)17-8-6-16(7-9-17)14-21-10-12-22(13-11-21)15-19(4,5)20/h6-9H,10-15,20H2,1-5H3. The van der Waals surface area contributed by atoms with E-state index in [0.717, 1.165) is 39.3 Å². The van der Waals surface area contributed by atoms with E-state index in [0.29, 0.717) is 0 Å². The minimum atomic E-state index is -0.0923. The van der Waals surface area contributed by atoms with Gasteiger partial charge in [0.15, 0.2) is 0 Å². The van der Waals surface area contributed by atoms with E-state index in [-0.39, 0.29) is 11.0 Å². The number of hydrogen-bond acceptors (Lipinski definition) is 3. The average molecular weight is 303 g/mol. The van der Waals surface area contributed by atoms with Crippen LogP contribution in [0.25, 0.3) is 0 Å². The second-order valence-electron chi connectivity index (χ2n) is 8.49. The molecule has 0 bridgehead atoms. The maximum atomic E-state index is 6.12. The lowest BCUT2D eigenvalue weighted by molar-refractivity contribution is 0.112. The van der Waals surface area contributed by atoms with Crippen molar-refractivity contribution in [2.24, 2.45) is 5.73 Å². The highest BCUT2D eigenvalue weighted by atomic mass is 15.3. The zero-order valence-corrected chi connectivity index (χ0v) is 15.0. The molecule has 2 N–H and O–H groups in total. The SMILES string of the molecule is CC(C)(N)CN1CCN(Cc2ccc(C(C)(C)C)cc2)CC1. The van der Waals surface area contributed by atoms with E-state index in [1.807, 2.05) is 0 Å². The van der Waals surface area contributed by atoms with E-state index >= 15 is 0 Å². The summed E-state index contributed by atoms with van der Waals surface area (Å²) in [7, 11) is 0. The van der Waals surface area contributed by atoms with Crippen molar-refractivity contribution < 1.29 is 0 Å². The minimum absolute atomic E-state index is 0.0923. The van der Waals surface area contributed by atoms with E-state index < -0.39 is 0 Å². The topological polar surface area (TPSA) is 32.5 Å². The van der Waals surface area contributed by atoms with Gasteiger partial charge in [0.2, 0.25) is 0 Å². The quantitative estimate of drug-likeness (QED) is 0.928. The van der Waals surface area contributed by atoms with Gasteiger partial charge in [-0.25, -0.2) is 0 Å². The summed E-state index contributed by atoms with van der Waals surface area (Å²) in [6, 6.07) is 9.14. The van der Waals surface area contributed by atoms with Crippen molar-refractivity contribution in [3.63, 3.8) is 0 Å². The van der Waals surface area contributed by atoms with Crippen molar-refractivity contribution in [1.82, 2.24) is 9.80 Å². The Bertz CT molecular complexity index is 457. The molecule has 124 valence electrons. The van der Waals surface area contributed by atoms with Gasteiger partial charge < -0.3 is 5.73 Å². The Balaban J connectivity index is 1.83. The summed E-state index contributed by atoms with van der Waals surface area (Å²) in [5.74, 6) is 0. The summed E-state index contributed by atoms with van der Waals surface area (Å²) in [4.78, 5) is 5.03. The summed E-state index contributed by atoms with van der Waals surface area (Å²) in [5.41, 5.74) is 9.09. The highest BCUT2D eigenvalue weighted by molar-refractivity contribution is 5.27. The zero-order valence-electron chi connectivity index (χ0n) is 15.0. The van der Waals surface area contributed by atoms with E-state index in [1.165, 1.54) is 11.1 Å². The van der Waals surface area contributed by atoms with Gasteiger partial charge in [0, 0.05) is 44.8 Å². The van der Waals surface area contributed by atoms with Crippen LogP contribution in [0.2, 0.25) is 0 Å². The first kappa shape index (κ1) is 17.5. The molecule has 0 spiro atoms. The maximum absolute atomic E-state index is 6.12. The molecule has 0 unspecified atom stereocenters. The lowest BCUT2D eigenvalue weighted by atomic mass is 9.87. The second kappa shape index (κ2) is 6.69. The van der Waals surface area contributed by atoms with Gasteiger partial charge in [0.25, 0.3) is 0 Å². The molecule has 22 heavy (non-hydrogen) atoms. The summed E-state index contributed by atoms with van der Waals surface area (Å²) in [5, 5.41) is 0. The molecule has 3 heteroatoms. The van der Waals surface area contributed by atoms with E-state index in [1.54, 1.807) is 0 Å². The highest BCUT2D eigenvalue weighted by Gasteiger charge is 2.22. The minimum Gasteiger partial charge on any atom is -0.324 e. The van der Waals surface area contributed by atoms with Crippen LogP contribution in [-0.2, 0) is 12.0 Å². The molecule has 1 saturated heterocycles. The van der Waals surface area contributed by atoms with Gasteiger partial charge in [-0.2, -0.15) is 0 Å². The average Bonchev–Trinajstić information content (AvgIpc) is 2.39. The molecule has 3 nitrogen and oxygen atoms in total. The van der Waals surface area contributed by atoms with Crippen LogP contribution in [0.5, 0.6) is 0 Å². The maximum Gasteiger partial charge on any atom is 0.0234 e. The third-order valence-electron chi connectivity index (χ3n) is 4.32. The Morgan fingerprint density at radius 3 is 1.82 bits per heavy atom. The summed E-state index contributed by atoms with van der Waals surface area (Å²) in [6.45, 7) is 17.6. The van der Waals surface area contributed by atoms with Crippen molar-refractivity contribution in [2.45, 2.75) is 52.1 Å². The van der Waals surface area contributed by atoms with Crippen LogP contribution < -0.4 is 5.73 Å². The zero-order chi connectivity index (χ0) is 16.4. The molecule has 1 heterocycles. The van der Waals surface area contributed by atoms with Crippen LogP contribution in [0.1, 0.15) is 45.7 Å². The third-order valence-corrected chi connectivity index (χ3v) is 4.32. The van der Waals surface area contributed by atoms with E-state index in [2.05, 4.69) is 68.7 Å². The van der Waals surface area contributed by atoms with E-state index in [4.69, 9.17) is 5.73 Å². The molecule has 1 fully saturated rings. The van der Waals surface area contributed by atoms with Gasteiger partial charge in [0.05, 0.1) is 0 Å². The molecule has 1 aromatic carbocycles. The Morgan fingerprint density at radius 1 is 0.864 bits per heavy atom. The molecule has 0 radical (unpaired) electrons. The molecule has 0 atom stereocenters. The van der Waals surface area contributed by atoms with E-state index in [9.17, 15) is 0 Å². The first-order valence-electron chi connectivity index (χ1n) is 8.46. The highest BCUT2D eigenvalue weighted by Crippen LogP contribution is 2.22. The molecule has 1 aliphatic rings. The monoisotopic (exact) mass is 303 g/mol. The van der Waals surface area contributed by atoms with Gasteiger partial charge in [0.1, 0.15) is 0 Å². The largest absolute Gasteiger partial charge is 0.324 e. The number of benzene rings is 1.